The summed E-state index contributed by atoms with van der Waals surface area (Å²) in [4.78, 5) is 14.3. The van der Waals surface area contributed by atoms with Crippen molar-refractivity contribution in [3.63, 3.8) is 0 Å². The summed E-state index contributed by atoms with van der Waals surface area (Å²) < 4.78 is 0. The van der Waals surface area contributed by atoms with E-state index in [0.29, 0.717) is 6.54 Å². The Kier molecular flexibility index (Phi) is 6.15. The molecule has 0 radical (unpaired) electrons. The van der Waals surface area contributed by atoms with Crippen LogP contribution >= 0.6 is 12.4 Å². The van der Waals surface area contributed by atoms with Crippen molar-refractivity contribution < 1.29 is 4.79 Å². The molecule has 0 aliphatic heterocycles. The van der Waals surface area contributed by atoms with Gasteiger partial charge in [-0.05, 0) is 25.0 Å². The lowest BCUT2D eigenvalue weighted by Gasteiger charge is -2.29. The van der Waals surface area contributed by atoms with E-state index in [9.17, 15) is 4.79 Å². The molecule has 2 N–H and O–H groups in total. The van der Waals surface area contributed by atoms with Gasteiger partial charge in [-0.25, -0.2) is 0 Å². The van der Waals surface area contributed by atoms with Crippen LogP contribution in [0.1, 0.15) is 23.6 Å². The summed E-state index contributed by atoms with van der Waals surface area (Å²) in [6.45, 7) is 4.36. The van der Waals surface area contributed by atoms with Crippen LogP contribution in [0.2, 0.25) is 0 Å². The van der Waals surface area contributed by atoms with Gasteiger partial charge in [0.1, 0.15) is 5.54 Å². The summed E-state index contributed by atoms with van der Waals surface area (Å²) in [5.41, 5.74) is 8.38. The lowest BCUT2D eigenvalue weighted by atomic mass is 9.91. The van der Waals surface area contributed by atoms with E-state index in [0.717, 1.165) is 11.1 Å². The van der Waals surface area contributed by atoms with Crippen LogP contribution in [-0.2, 0) is 16.9 Å². The SMILES string of the molecule is Cc1cccc(CN(C)C(=O)C(C)(N)c2ccccc2)c1.Cl. The van der Waals surface area contributed by atoms with E-state index in [4.69, 9.17) is 5.73 Å². The van der Waals surface area contributed by atoms with Crippen LogP contribution in [0.15, 0.2) is 54.6 Å². The molecule has 0 saturated carbocycles. The van der Waals surface area contributed by atoms with Crippen LogP contribution in [0, 0.1) is 6.92 Å². The number of rotatable bonds is 4. The molecule has 0 heterocycles. The number of carbonyl (C=O) groups excluding carboxylic acids is 1. The number of benzene rings is 2. The third-order valence-electron chi connectivity index (χ3n) is 3.67. The van der Waals surface area contributed by atoms with Gasteiger partial charge in [-0.2, -0.15) is 0 Å². The molecule has 0 aromatic heterocycles. The average Bonchev–Trinajstić information content (AvgIpc) is 2.47. The van der Waals surface area contributed by atoms with Crippen molar-refractivity contribution in [1.82, 2.24) is 4.90 Å². The maximum Gasteiger partial charge on any atom is 0.247 e. The van der Waals surface area contributed by atoms with Crippen molar-refractivity contribution in [2.45, 2.75) is 25.9 Å². The normalized spacial score (nSPS) is 12.9. The van der Waals surface area contributed by atoms with Gasteiger partial charge in [0.2, 0.25) is 5.91 Å². The van der Waals surface area contributed by atoms with E-state index in [1.54, 1.807) is 18.9 Å². The highest BCUT2D eigenvalue weighted by Gasteiger charge is 2.32. The molecule has 4 heteroatoms. The first-order valence-corrected chi connectivity index (χ1v) is 7.07. The van der Waals surface area contributed by atoms with Gasteiger partial charge in [0, 0.05) is 13.6 Å². The molecular formula is C18H23ClN2O. The van der Waals surface area contributed by atoms with Crippen LogP contribution in [0.25, 0.3) is 0 Å². The van der Waals surface area contributed by atoms with Crippen LogP contribution in [-0.4, -0.2) is 17.9 Å². The summed E-state index contributed by atoms with van der Waals surface area (Å²) in [6.07, 6.45) is 0. The van der Waals surface area contributed by atoms with Gasteiger partial charge in [0.05, 0.1) is 0 Å². The Bertz CT molecular complexity index is 626. The molecular weight excluding hydrogens is 296 g/mol. The van der Waals surface area contributed by atoms with E-state index in [2.05, 4.69) is 6.07 Å². The first-order valence-electron chi connectivity index (χ1n) is 7.07. The summed E-state index contributed by atoms with van der Waals surface area (Å²) in [6, 6.07) is 17.6. The molecule has 1 atom stereocenters. The molecule has 2 aromatic rings. The largest absolute Gasteiger partial charge is 0.340 e. The molecule has 0 aliphatic rings. The van der Waals surface area contributed by atoms with Crippen molar-refractivity contribution in [3.05, 3.63) is 71.3 Å². The second-order valence-electron chi connectivity index (χ2n) is 5.72. The molecule has 3 nitrogen and oxygen atoms in total. The minimum absolute atomic E-state index is 0. The standard InChI is InChI=1S/C18H22N2O.ClH/c1-14-8-7-9-15(12-14)13-20(3)17(21)18(2,19)16-10-5-4-6-11-16;/h4-12H,13,19H2,1-3H3;1H. The highest BCUT2D eigenvalue weighted by Crippen LogP contribution is 2.20. The highest BCUT2D eigenvalue weighted by atomic mass is 35.5. The van der Waals surface area contributed by atoms with Crippen LogP contribution in [0.4, 0.5) is 0 Å². The zero-order chi connectivity index (χ0) is 15.5. The predicted molar refractivity (Wildman–Crippen MR) is 92.9 cm³/mol. The fourth-order valence-electron chi connectivity index (χ4n) is 2.46. The number of nitrogens with two attached hydrogens (primary N) is 1. The molecule has 0 aliphatic carbocycles. The van der Waals surface area contributed by atoms with Crippen molar-refractivity contribution in [2.24, 2.45) is 5.73 Å². The summed E-state index contributed by atoms with van der Waals surface area (Å²) >= 11 is 0. The van der Waals surface area contributed by atoms with Crippen LogP contribution in [0.5, 0.6) is 0 Å². The Morgan fingerprint density at radius 2 is 1.77 bits per heavy atom. The van der Waals surface area contributed by atoms with E-state index in [1.807, 2.05) is 55.5 Å². The van der Waals surface area contributed by atoms with Gasteiger partial charge in [0.15, 0.2) is 0 Å². The summed E-state index contributed by atoms with van der Waals surface area (Å²) in [5, 5.41) is 0. The molecule has 118 valence electrons. The smallest absolute Gasteiger partial charge is 0.247 e. The van der Waals surface area contributed by atoms with Crippen molar-refractivity contribution in [2.75, 3.05) is 7.05 Å². The van der Waals surface area contributed by atoms with Gasteiger partial charge in [0.25, 0.3) is 0 Å². The van der Waals surface area contributed by atoms with Gasteiger partial charge in [-0.15, -0.1) is 12.4 Å². The number of halogens is 1. The lowest BCUT2D eigenvalue weighted by Crippen LogP contribution is -2.49. The molecule has 0 fully saturated rings. The predicted octanol–water partition coefficient (Wildman–Crippen LogP) is 3.25. The third kappa shape index (κ3) is 4.09. The zero-order valence-corrected chi connectivity index (χ0v) is 14.1. The quantitative estimate of drug-likeness (QED) is 0.940. The maximum absolute atomic E-state index is 12.7. The van der Waals surface area contributed by atoms with E-state index >= 15 is 0 Å². The summed E-state index contributed by atoms with van der Waals surface area (Å²) in [7, 11) is 1.79. The van der Waals surface area contributed by atoms with Crippen LogP contribution in [0.3, 0.4) is 0 Å². The maximum atomic E-state index is 12.7. The first-order chi connectivity index (χ1) is 9.91. The lowest BCUT2D eigenvalue weighted by molar-refractivity contribution is -0.136. The van der Waals surface area contributed by atoms with Gasteiger partial charge in [-0.3, -0.25) is 4.79 Å². The molecule has 2 aromatic carbocycles. The fourth-order valence-corrected chi connectivity index (χ4v) is 2.46. The molecule has 1 unspecified atom stereocenters. The average molecular weight is 319 g/mol. The van der Waals surface area contributed by atoms with Gasteiger partial charge < -0.3 is 10.6 Å². The summed E-state index contributed by atoms with van der Waals surface area (Å²) in [5.74, 6) is -0.0878. The topological polar surface area (TPSA) is 46.3 Å². The zero-order valence-electron chi connectivity index (χ0n) is 13.2. The minimum atomic E-state index is -1.01. The minimum Gasteiger partial charge on any atom is -0.340 e. The van der Waals surface area contributed by atoms with E-state index in [-0.39, 0.29) is 18.3 Å². The second kappa shape index (κ2) is 7.43. The molecule has 1 amide bonds. The number of nitrogens with zero attached hydrogens (tertiary/aromatic N) is 1. The van der Waals surface area contributed by atoms with Gasteiger partial charge >= 0.3 is 0 Å². The number of carbonyl (C=O) groups is 1. The first kappa shape index (κ1) is 18.2. The Morgan fingerprint density at radius 1 is 1.14 bits per heavy atom. The Hall–Kier alpha value is -1.84. The van der Waals surface area contributed by atoms with Crippen LogP contribution < -0.4 is 5.73 Å². The number of likely N-dealkylation sites (N-methyl/N-ethyl adjacent to an activating group) is 1. The Labute approximate surface area is 138 Å². The molecule has 0 bridgehead atoms. The van der Waals surface area contributed by atoms with Gasteiger partial charge in [-0.1, -0.05) is 60.2 Å². The van der Waals surface area contributed by atoms with Crippen molar-refractivity contribution >= 4 is 18.3 Å². The van der Waals surface area contributed by atoms with E-state index < -0.39 is 5.54 Å². The number of amides is 1. The molecule has 0 saturated heterocycles. The van der Waals surface area contributed by atoms with Crippen molar-refractivity contribution in [1.29, 1.82) is 0 Å². The monoisotopic (exact) mass is 318 g/mol. The molecule has 2 rings (SSSR count). The Balaban J connectivity index is 0.00000242. The molecule has 0 spiro atoms. The third-order valence-corrected chi connectivity index (χ3v) is 3.67. The fraction of sp³-hybridized carbons (Fsp3) is 0.278. The van der Waals surface area contributed by atoms with E-state index in [1.165, 1.54) is 5.56 Å². The Morgan fingerprint density at radius 3 is 2.36 bits per heavy atom. The number of hydrogen-bond acceptors (Lipinski definition) is 2. The van der Waals surface area contributed by atoms with Crippen molar-refractivity contribution in [3.8, 4) is 0 Å². The molecule has 22 heavy (non-hydrogen) atoms. The number of hydrogen-bond donors (Lipinski definition) is 1. The highest BCUT2D eigenvalue weighted by molar-refractivity contribution is 5.86. The number of aryl methyl sites for hydroxylation is 1. The second-order valence-corrected chi connectivity index (χ2v) is 5.72.